The van der Waals surface area contributed by atoms with Gasteiger partial charge in [-0.2, -0.15) is 0 Å². The first-order chi connectivity index (χ1) is 13.6. The van der Waals surface area contributed by atoms with Crippen LogP contribution in [0.25, 0.3) is 10.9 Å². The lowest BCUT2D eigenvalue weighted by atomic mass is 10.1. The van der Waals surface area contributed by atoms with Crippen LogP contribution in [0.5, 0.6) is 0 Å². The van der Waals surface area contributed by atoms with Gasteiger partial charge in [-0.05, 0) is 35.7 Å². The number of unbranched alkanes of at least 4 members (excludes halogenated alkanes) is 1. The highest BCUT2D eigenvalue weighted by atomic mass is 16.2. The number of benzene rings is 2. The van der Waals surface area contributed by atoms with E-state index in [4.69, 9.17) is 0 Å². The molecule has 2 aromatic carbocycles. The van der Waals surface area contributed by atoms with E-state index in [1.807, 2.05) is 48.1 Å². The maximum atomic E-state index is 12.4. The molecule has 28 heavy (non-hydrogen) atoms. The first kappa shape index (κ1) is 19.7. The minimum absolute atomic E-state index is 0.0160. The third-order valence-corrected chi connectivity index (χ3v) is 4.85. The molecule has 0 aliphatic heterocycles. The zero-order valence-corrected chi connectivity index (χ0v) is 16.5. The highest BCUT2D eigenvalue weighted by Crippen LogP contribution is 2.20. The molecule has 3 aromatic rings. The number of aryl methyl sites for hydroxylation is 1. The second-order valence-electron chi connectivity index (χ2n) is 7.04. The summed E-state index contributed by atoms with van der Waals surface area (Å²) in [6, 6.07) is 15.4. The van der Waals surface area contributed by atoms with Crippen LogP contribution in [-0.4, -0.2) is 22.9 Å². The quantitative estimate of drug-likeness (QED) is 0.590. The van der Waals surface area contributed by atoms with E-state index in [1.54, 1.807) is 12.1 Å². The molecule has 0 aliphatic carbocycles. The Kier molecular flexibility index (Phi) is 6.48. The molecular formula is C23H27N3O2. The molecule has 5 nitrogen and oxygen atoms in total. The SMILES string of the molecule is CCCCNC(=O)c1ccc(CNC(=O)Cc2cn(C)c3ccccc23)cc1. The zero-order valence-electron chi connectivity index (χ0n) is 16.5. The normalized spacial score (nSPS) is 10.8. The van der Waals surface area contributed by atoms with Gasteiger partial charge in [0.15, 0.2) is 0 Å². The van der Waals surface area contributed by atoms with Crippen molar-refractivity contribution in [1.29, 1.82) is 0 Å². The number of para-hydroxylation sites is 1. The lowest BCUT2D eigenvalue weighted by Crippen LogP contribution is -2.25. The Morgan fingerprint density at radius 1 is 1.00 bits per heavy atom. The molecule has 0 aliphatic rings. The Morgan fingerprint density at radius 3 is 2.50 bits per heavy atom. The molecule has 5 heteroatoms. The smallest absolute Gasteiger partial charge is 0.251 e. The van der Waals surface area contributed by atoms with Crippen LogP contribution in [0, 0.1) is 0 Å². The average Bonchev–Trinajstić information content (AvgIpc) is 3.02. The Morgan fingerprint density at radius 2 is 1.75 bits per heavy atom. The average molecular weight is 377 g/mol. The van der Waals surface area contributed by atoms with Crippen LogP contribution in [0.3, 0.4) is 0 Å². The van der Waals surface area contributed by atoms with Gasteiger partial charge in [0.1, 0.15) is 0 Å². The number of aromatic nitrogens is 1. The van der Waals surface area contributed by atoms with Gasteiger partial charge in [-0.1, -0.05) is 43.7 Å². The summed E-state index contributed by atoms with van der Waals surface area (Å²) < 4.78 is 2.04. The summed E-state index contributed by atoms with van der Waals surface area (Å²) in [7, 11) is 1.99. The highest BCUT2D eigenvalue weighted by Gasteiger charge is 2.10. The lowest BCUT2D eigenvalue weighted by Gasteiger charge is -2.07. The number of hydrogen-bond donors (Lipinski definition) is 2. The van der Waals surface area contributed by atoms with E-state index < -0.39 is 0 Å². The largest absolute Gasteiger partial charge is 0.352 e. The van der Waals surface area contributed by atoms with Gasteiger partial charge in [0.2, 0.25) is 5.91 Å². The number of nitrogens with zero attached hydrogens (tertiary/aromatic N) is 1. The highest BCUT2D eigenvalue weighted by molar-refractivity contribution is 5.94. The van der Waals surface area contributed by atoms with Crippen molar-refractivity contribution in [2.45, 2.75) is 32.7 Å². The summed E-state index contributed by atoms with van der Waals surface area (Å²) in [4.78, 5) is 24.4. The summed E-state index contributed by atoms with van der Waals surface area (Å²) in [5, 5.41) is 6.98. The Labute approximate surface area is 165 Å². The lowest BCUT2D eigenvalue weighted by molar-refractivity contribution is -0.120. The van der Waals surface area contributed by atoms with E-state index in [-0.39, 0.29) is 11.8 Å². The van der Waals surface area contributed by atoms with Crippen LogP contribution in [-0.2, 0) is 24.8 Å². The fraction of sp³-hybridized carbons (Fsp3) is 0.304. The predicted octanol–water partition coefficient (Wildman–Crippen LogP) is 3.57. The van der Waals surface area contributed by atoms with Gasteiger partial charge in [-0.25, -0.2) is 0 Å². The molecule has 0 saturated heterocycles. The molecule has 0 saturated carbocycles. The first-order valence-corrected chi connectivity index (χ1v) is 9.75. The molecular weight excluding hydrogens is 350 g/mol. The summed E-state index contributed by atoms with van der Waals surface area (Å²) in [5.41, 5.74) is 3.76. The molecule has 0 bridgehead atoms. The molecule has 0 radical (unpaired) electrons. The topological polar surface area (TPSA) is 63.1 Å². The maximum Gasteiger partial charge on any atom is 0.251 e. The Balaban J connectivity index is 1.53. The molecule has 2 N–H and O–H groups in total. The van der Waals surface area contributed by atoms with Gasteiger partial charge in [0.25, 0.3) is 5.91 Å². The third kappa shape index (κ3) is 4.80. The van der Waals surface area contributed by atoms with Crippen molar-refractivity contribution in [1.82, 2.24) is 15.2 Å². The van der Waals surface area contributed by atoms with Crippen molar-refractivity contribution < 1.29 is 9.59 Å². The van der Waals surface area contributed by atoms with Crippen molar-refractivity contribution in [2.75, 3.05) is 6.54 Å². The first-order valence-electron chi connectivity index (χ1n) is 9.75. The van der Waals surface area contributed by atoms with E-state index in [0.717, 1.165) is 34.9 Å². The standard InChI is InChI=1S/C23H27N3O2/c1-3-4-13-24-23(28)18-11-9-17(10-12-18)15-25-22(27)14-19-16-26(2)21-8-6-5-7-20(19)21/h5-12,16H,3-4,13-15H2,1-2H3,(H,24,28)(H,25,27). The Hall–Kier alpha value is -3.08. The van der Waals surface area contributed by atoms with Gasteiger partial charge < -0.3 is 15.2 Å². The van der Waals surface area contributed by atoms with Crippen molar-refractivity contribution in [3.63, 3.8) is 0 Å². The summed E-state index contributed by atoms with van der Waals surface area (Å²) >= 11 is 0. The van der Waals surface area contributed by atoms with Gasteiger partial charge in [0.05, 0.1) is 6.42 Å². The van der Waals surface area contributed by atoms with E-state index in [2.05, 4.69) is 23.6 Å². The predicted molar refractivity (Wildman–Crippen MR) is 112 cm³/mol. The number of carbonyl (C=O) groups excluding carboxylic acids is 2. The van der Waals surface area contributed by atoms with Crippen LogP contribution in [0.1, 0.15) is 41.3 Å². The molecule has 0 atom stereocenters. The second-order valence-corrected chi connectivity index (χ2v) is 7.04. The summed E-state index contributed by atoms with van der Waals surface area (Å²) in [6.45, 7) is 3.23. The van der Waals surface area contributed by atoms with Crippen molar-refractivity contribution in [3.8, 4) is 0 Å². The van der Waals surface area contributed by atoms with Crippen LogP contribution in [0.15, 0.2) is 54.7 Å². The molecule has 0 unspecified atom stereocenters. The Bertz CT molecular complexity index is 958. The van der Waals surface area contributed by atoms with E-state index >= 15 is 0 Å². The third-order valence-electron chi connectivity index (χ3n) is 4.85. The molecule has 146 valence electrons. The maximum absolute atomic E-state index is 12.4. The fourth-order valence-electron chi connectivity index (χ4n) is 3.26. The van der Waals surface area contributed by atoms with Crippen LogP contribution in [0.2, 0.25) is 0 Å². The monoisotopic (exact) mass is 377 g/mol. The molecule has 1 heterocycles. The minimum atomic E-state index is -0.0556. The molecule has 3 rings (SSSR count). The van der Waals surface area contributed by atoms with Gasteiger partial charge in [-0.3, -0.25) is 9.59 Å². The van der Waals surface area contributed by atoms with E-state index in [1.165, 1.54) is 0 Å². The van der Waals surface area contributed by atoms with E-state index in [0.29, 0.717) is 25.1 Å². The van der Waals surface area contributed by atoms with Gasteiger partial charge >= 0.3 is 0 Å². The number of rotatable bonds is 8. The minimum Gasteiger partial charge on any atom is -0.352 e. The molecule has 0 fully saturated rings. The second kappa shape index (κ2) is 9.22. The molecule has 0 spiro atoms. The zero-order chi connectivity index (χ0) is 19.9. The fourth-order valence-corrected chi connectivity index (χ4v) is 3.26. The van der Waals surface area contributed by atoms with Gasteiger partial charge in [-0.15, -0.1) is 0 Å². The van der Waals surface area contributed by atoms with Crippen molar-refractivity contribution in [3.05, 3.63) is 71.4 Å². The summed E-state index contributed by atoms with van der Waals surface area (Å²) in [6.07, 6.45) is 4.39. The van der Waals surface area contributed by atoms with Crippen LogP contribution >= 0.6 is 0 Å². The van der Waals surface area contributed by atoms with Crippen LogP contribution in [0.4, 0.5) is 0 Å². The number of amides is 2. The number of carbonyl (C=O) groups is 2. The summed E-state index contributed by atoms with van der Waals surface area (Å²) in [5.74, 6) is -0.0715. The number of hydrogen-bond acceptors (Lipinski definition) is 2. The molecule has 2 amide bonds. The molecule has 1 aromatic heterocycles. The number of fused-ring (bicyclic) bond motifs is 1. The number of nitrogens with one attached hydrogen (secondary N) is 2. The van der Waals surface area contributed by atoms with Crippen molar-refractivity contribution in [2.24, 2.45) is 7.05 Å². The van der Waals surface area contributed by atoms with Crippen LogP contribution < -0.4 is 10.6 Å². The van der Waals surface area contributed by atoms with Crippen molar-refractivity contribution >= 4 is 22.7 Å². The van der Waals surface area contributed by atoms with E-state index in [9.17, 15) is 9.59 Å². The van der Waals surface area contributed by atoms with Gasteiger partial charge in [0, 0.05) is 42.8 Å².